The third-order valence-corrected chi connectivity index (χ3v) is 8.83. The van der Waals surface area contributed by atoms with Gasteiger partial charge < -0.3 is 5.73 Å². The summed E-state index contributed by atoms with van der Waals surface area (Å²) < 4.78 is 39.8. The van der Waals surface area contributed by atoms with Gasteiger partial charge in [-0.25, -0.2) is 0 Å². The van der Waals surface area contributed by atoms with E-state index in [1.54, 1.807) is 11.0 Å². The van der Waals surface area contributed by atoms with Gasteiger partial charge in [0.1, 0.15) is 5.82 Å². The van der Waals surface area contributed by atoms with Crippen LogP contribution in [0.4, 0.5) is 18.3 Å². The van der Waals surface area contributed by atoms with Gasteiger partial charge in [-0.05, 0) is 29.0 Å². The van der Waals surface area contributed by atoms with E-state index >= 15 is 0 Å². The zero-order chi connectivity index (χ0) is 27.9. The Kier molecular flexibility index (Phi) is 7.03. The van der Waals surface area contributed by atoms with Crippen LogP contribution in [-0.2, 0) is 16.7 Å². The number of hydrogen-bond acceptors (Lipinski definition) is 8. The number of nitriles is 1. The second-order valence-electron chi connectivity index (χ2n) is 10.2. The fraction of sp³-hybridized carbons (Fsp3) is 0.286. The van der Waals surface area contributed by atoms with Crippen molar-refractivity contribution in [2.75, 3.05) is 4.90 Å². The number of halogens is 3. The average molecular weight is 568 g/mol. The van der Waals surface area contributed by atoms with Crippen molar-refractivity contribution in [3.05, 3.63) is 94.0 Å². The van der Waals surface area contributed by atoms with Crippen LogP contribution in [-0.4, -0.2) is 16.0 Å². The first kappa shape index (κ1) is 27.0. The number of thioether (sulfide) groups is 1. The number of allylic oxidation sites excluding steroid dienone is 3. The number of anilines is 1. The number of carbonyl (C=O) groups excluding carboxylic acids is 1. The molecule has 5 rings (SSSR count). The lowest BCUT2D eigenvalue weighted by atomic mass is 9.69. The van der Waals surface area contributed by atoms with E-state index in [4.69, 9.17) is 5.73 Å². The highest BCUT2D eigenvalue weighted by molar-refractivity contribution is 8.00. The van der Waals surface area contributed by atoms with Crippen molar-refractivity contribution in [3.63, 3.8) is 0 Å². The Bertz CT molecular complexity index is 1540. The van der Waals surface area contributed by atoms with E-state index in [1.165, 1.54) is 29.2 Å². The maximum Gasteiger partial charge on any atom is 0.416 e. The van der Waals surface area contributed by atoms with E-state index in [9.17, 15) is 23.2 Å². The van der Waals surface area contributed by atoms with Crippen LogP contribution in [0.3, 0.4) is 0 Å². The number of nitrogens with zero attached hydrogens (tertiary/aromatic N) is 4. The van der Waals surface area contributed by atoms with Crippen molar-refractivity contribution < 1.29 is 18.0 Å². The quantitative estimate of drug-likeness (QED) is 0.339. The molecular weight excluding hydrogens is 543 g/mol. The molecule has 2 aromatic carbocycles. The van der Waals surface area contributed by atoms with Gasteiger partial charge in [0.15, 0.2) is 10.1 Å². The molecule has 1 aromatic heterocycles. The summed E-state index contributed by atoms with van der Waals surface area (Å²) in [6, 6.07) is 16.8. The van der Waals surface area contributed by atoms with Gasteiger partial charge >= 0.3 is 6.18 Å². The summed E-state index contributed by atoms with van der Waals surface area (Å²) in [5.74, 6) is -0.151. The molecule has 0 spiro atoms. The lowest BCUT2D eigenvalue weighted by Gasteiger charge is -2.42. The summed E-state index contributed by atoms with van der Waals surface area (Å²) in [7, 11) is 0. The maximum absolute atomic E-state index is 13.6. The molecule has 11 heteroatoms. The molecule has 0 fully saturated rings. The summed E-state index contributed by atoms with van der Waals surface area (Å²) in [5, 5.41) is 19.1. The summed E-state index contributed by atoms with van der Waals surface area (Å²) in [6.45, 7) is 4.03. The third kappa shape index (κ3) is 5.31. The number of alkyl halides is 3. The Morgan fingerprint density at radius 1 is 1.15 bits per heavy atom. The monoisotopic (exact) mass is 567 g/mol. The minimum atomic E-state index is -4.42. The molecule has 1 aliphatic carbocycles. The number of rotatable bonds is 5. The van der Waals surface area contributed by atoms with E-state index in [-0.39, 0.29) is 28.3 Å². The first-order valence-electron chi connectivity index (χ1n) is 12.1. The molecule has 6 nitrogen and oxygen atoms in total. The van der Waals surface area contributed by atoms with E-state index in [0.717, 1.165) is 17.7 Å². The minimum Gasteiger partial charge on any atom is -0.384 e. The van der Waals surface area contributed by atoms with Crippen LogP contribution >= 0.6 is 23.1 Å². The number of ketones is 1. The van der Waals surface area contributed by atoms with Gasteiger partial charge in [-0.1, -0.05) is 85.5 Å². The molecule has 1 atom stereocenters. The summed E-state index contributed by atoms with van der Waals surface area (Å²) in [4.78, 5) is 15.2. The lowest BCUT2D eigenvalue weighted by molar-refractivity contribution is -0.137. The number of Topliss-reactive ketones (excluding diaryl/α,β-unsaturated/α-hetero) is 1. The maximum atomic E-state index is 13.6. The molecule has 2 heterocycles. The number of nitrogens with two attached hydrogens (primary N) is 1. The van der Waals surface area contributed by atoms with E-state index in [2.05, 4.69) is 16.3 Å². The van der Waals surface area contributed by atoms with Crippen molar-refractivity contribution in [2.24, 2.45) is 11.1 Å². The highest BCUT2D eigenvalue weighted by atomic mass is 32.2. The van der Waals surface area contributed by atoms with Gasteiger partial charge in [0, 0.05) is 23.4 Å². The van der Waals surface area contributed by atoms with Crippen LogP contribution in [0.2, 0.25) is 0 Å². The van der Waals surface area contributed by atoms with Crippen LogP contribution < -0.4 is 10.6 Å². The molecule has 3 aromatic rings. The SMILES string of the molecule is CC1(C)CC(=O)C2=C(C1)N(c1nnc(SCc3cccc(C(F)(F)F)c3)s1)C(N)=C(C#N)[C@@H]2c1ccccc1. The predicted molar refractivity (Wildman–Crippen MR) is 144 cm³/mol. The van der Waals surface area contributed by atoms with Crippen LogP contribution in [0.5, 0.6) is 0 Å². The summed E-state index contributed by atoms with van der Waals surface area (Å²) >= 11 is 2.47. The number of benzene rings is 2. The Labute approximate surface area is 232 Å². The van der Waals surface area contributed by atoms with Gasteiger partial charge in [-0.15, -0.1) is 10.2 Å². The Balaban J connectivity index is 1.51. The van der Waals surface area contributed by atoms with E-state index in [1.807, 2.05) is 44.2 Å². The van der Waals surface area contributed by atoms with Crippen molar-refractivity contribution in [2.45, 2.75) is 48.9 Å². The second-order valence-corrected chi connectivity index (χ2v) is 12.4. The smallest absolute Gasteiger partial charge is 0.384 e. The van der Waals surface area contributed by atoms with Crippen molar-refractivity contribution in [3.8, 4) is 6.07 Å². The van der Waals surface area contributed by atoms with Crippen LogP contribution in [0.25, 0.3) is 0 Å². The van der Waals surface area contributed by atoms with Gasteiger partial charge in [0.2, 0.25) is 5.13 Å². The van der Waals surface area contributed by atoms with Crippen molar-refractivity contribution in [1.29, 1.82) is 5.26 Å². The molecule has 2 aliphatic rings. The number of carbonyl (C=O) groups is 1. The molecule has 0 amide bonds. The van der Waals surface area contributed by atoms with Crippen molar-refractivity contribution in [1.82, 2.24) is 10.2 Å². The van der Waals surface area contributed by atoms with E-state index in [0.29, 0.717) is 39.1 Å². The minimum absolute atomic E-state index is 0.0380. The molecule has 0 radical (unpaired) electrons. The molecule has 0 saturated carbocycles. The summed E-state index contributed by atoms with van der Waals surface area (Å²) in [5.41, 5.74) is 8.42. The highest BCUT2D eigenvalue weighted by Gasteiger charge is 2.45. The third-order valence-electron chi connectivity index (χ3n) is 6.72. The van der Waals surface area contributed by atoms with E-state index < -0.39 is 17.7 Å². The molecule has 200 valence electrons. The topological polar surface area (TPSA) is 95.9 Å². The fourth-order valence-corrected chi connectivity index (χ4v) is 6.86. The first-order chi connectivity index (χ1) is 18.5. The standard InChI is InChI=1S/C28H24F3N5OS2/c1-27(2)12-20-23(21(37)13-27)22(17-8-4-3-5-9-17)19(14-32)24(33)36(20)25-34-35-26(39-25)38-15-16-7-6-10-18(11-16)28(29,30)31/h3-11,22H,12-13,15,33H2,1-2H3/t22-/m0/s1. The zero-order valence-electron chi connectivity index (χ0n) is 21.1. The number of hydrogen-bond donors (Lipinski definition) is 1. The predicted octanol–water partition coefficient (Wildman–Crippen LogP) is 6.79. The average Bonchev–Trinajstić information content (AvgIpc) is 3.34. The molecule has 39 heavy (non-hydrogen) atoms. The second kappa shape index (κ2) is 10.2. The fourth-order valence-electron chi connectivity index (χ4n) is 5.04. The van der Waals surface area contributed by atoms with Gasteiger partial charge in [-0.3, -0.25) is 9.69 Å². The Morgan fingerprint density at radius 3 is 2.59 bits per heavy atom. The van der Waals surface area contributed by atoms with Crippen LogP contribution in [0, 0.1) is 16.7 Å². The Morgan fingerprint density at radius 2 is 1.90 bits per heavy atom. The zero-order valence-corrected chi connectivity index (χ0v) is 22.8. The molecule has 0 saturated heterocycles. The van der Waals surface area contributed by atoms with Crippen LogP contribution in [0.15, 0.2) is 81.6 Å². The van der Waals surface area contributed by atoms with Gasteiger partial charge in [0.05, 0.1) is 23.1 Å². The van der Waals surface area contributed by atoms with Gasteiger partial charge in [-0.2, -0.15) is 18.4 Å². The summed E-state index contributed by atoms with van der Waals surface area (Å²) in [6.07, 6.45) is -3.53. The lowest BCUT2D eigenvalue weighted by Crippen LogP contribution is -2.42. The molecule has 0 unspecified atom stereocenters. The Hall–Kier alpha value is -3.62. The first-order valence-corrected chi connectivity index (χ1v) is 13.9. The molecular formula is C28H24F3N5OS2. The van der Waals surface area contributed by atoms with Crippen LogP contribution in [0.1, 0.15) is 49.3 Å². The largest absolute Gasteiger partial charge is 0.416 e. The van der Waals surface area contributed by atoms with Crippen molar-refractivity contribution >= 4 is 34.0 Å². The normalized spacial score (nSPS) is 19.2. The highest BCUT2D eigenvalue weighted by Crippen LogP contribution is 2.50. The molecule has 2 N–H and O–H groups in total. The molecule has 1 aliphatic heterocycles. The number of aromatic nitrogens is 2. The van der Waals surface area contributed by atoms with Gasteiger partial charge in [0.25, 0.3) is 0 Å². The molecule has 0 bridgehead atoms.